The first-order chi connectivity index (χ1) is 5.47. The van der Waals surface area contributed by atoms with Gasteiger partial charge in [-0.1, -0.05) is 25.0 Å². The summed E-state index contributed by atoms with van der Waals surface area (Å²) in [6.07, 6.45) is 11.8. The van der Waals surface area contributed by atoms with Gasteiger partial charge in [0.2, 0.25) is 0 Å². The van der Waals surface area contributed by atoms with Gasteiger partial charge in [0, 0.05) is 0 Å². The second-order valence-corrected chi connectivity index (χ2v) is 3.62. The zero-order valence-electron chi connectivity index (χ0n) is 6.96. The van der Waals surface area contributed by atoms with Crippen LogP contribution in [0.5, 0.6) is 0 Å². The van der Waals surface area contributed by atoms with Gasteiger partial charge in [-0.05, 0) is 25.2 Å². The summed E-state index contributed by atoms with van der Waals surface area (Å²) in [4.78, 5) is 0. The van der Waals surface area contributed by atoms with Crippen LogP contribution in [0, 0.1) is 5.92 Å². The highest BCUT2D eigenvalue weighted by molar-refractivity contribution is 4.92. The topological polar surface area (TPSA) is 9.23 Å². The lowest BCUT2D eigenvalue weighted by Crippen LogP contribution is -2.23. The van der Waals surface area contributed by atoms with Crippen LogP contribution in [-0.2, 0) is 4.74 Å². The third kappa shape index (κ3) is 1.64. The lowest BCUT2D eigenvalue weighted by atomic mass is 9.97. The Hall–Kier alpha value is -0.300. The van der Waals surface area contributed by atoms with Crippen LogP contribution in [0.4, 0.5) is 0 Å². The van der Waals surface area contributed by atoms with Crippen LogP contribution in [0.3, 0.4) is 0 Å². The Morgan fingerprint density at radius 3 is 2.55 bits per heavy atom. The third-order valence-electron chi connectivity index (χ3n) is 2.87. The van der Waals surface area contributed by atoms with Gasteiger partial charge in [-0.15, -0.1) is 0 Å². The predicted molar refractivity (Wildman–Crippen MR) is 45.5 cm³/mol. The van der Waals surface area contributed by atoms with E-state index in [1.807, 2.05) is 0 Å². The average molecular weight is 152 g/mol. The molecule has 1 nitrogen and oxygen atoms in total. The summed E-state index contributed by atoms with van der Waals surface area (Å²) in [7, 11) is 0. The van der Waals surface area contributed by atoms with E-state index in [0.717, 1.165) is 18.9 Å². The minimum Gasteiger partial charge on any atom is -0.374 e. The molecule has 0 saturated heterocycles. The maximum Gasteiger partial charge on any atom is 0.0651 e. The van der Waals surface area contributed by atoms with Gasteiger partial charge in [0.05, 0.1) is 12.7 Å². The fourth-order valence-corrected chi connectivity index (χ4v) is 2.20. The standard InChI is InChI=1S/C10H16O/c1-2-6-9(5-1)10-7-3-4-8-11-10/h3-4,9-10H,1-2,5-8H2. The zero-order valence-corrected chi connectivity index (χ0v) is 6.96. The third-order valence-corrected chi connectivity index (χ3v) is 2.87. The average Bonchev–Trinajstić information content (AvgIpc) is 2.58. The molecule has 1 aliphatic heterocycles. The molecule has 2 rings (SSSR count). The molecule has 0 N–H and O–H groups in total. The lowest BCUT2D eigenvalue weighted by Gasteiger charge is -2.24. The van der Waals surface area contributed by atoms with E-state index < -0.39 is 0 Å². The van der Waals surface area contributed by atoms with Crippen molar-refractivity contribution in [2.24, 2.45) is 5.92 Å². The highest BCUT2D eigenvalue weighted by atomic mass is 16.5. The van der Waals surface area contributed by atoms with Crippen molar-refractivity contribution >= 4 is 0 Å². The summed E-state index contributed by atoms with van der Waals surface area (Å²) in [5.74, 6) is 0.875. The first kappa shape index (κ1) is 7.35. The summed E-state index contributed by atoms with van der Waals surface area (Å²) >= 11 is 0. The van der Waals surface area contributed by atoms with Crippen molar-refractivity contribution < 1.29 is 4.74 Å². The second kappa shape index (κ2) is 3.40. The number of hydrogen-bond donors (Lipinski definition) is 0. The van der Waals surface area contributed by atoms with Crippen LogP contribution < -0.4 is 0 Å². The Balaban J connectivity index is 1.88. The van der Waals surface area contributed by atoms with E-state index in [0.29, 0.717) is 6.10 Å². The van der Waals surface area contributed by atoms with Gasteiger partial charge in [-0.25, -0.2) is 0 Å². The molecule has 0 amide bonds. The van der Waals surface area contributed by atoms with Crippen molar-refractivity contribution in [1.82, 2.24) is 0 Å². The summed E-state index contributed by atoms with van der Waals surface area (Å²) in [5, 5.41) is 0. The van der Waals surface area contributed by atoms with Gasteiger partial charge >= 0.3 is 0 Å². The molecule has 0 aromatic rings. The van der Waals surface area contributed by atoms with Gasteiger partial charge < -0.3 is 4.74 Å². The molecule has 1 heteroatoms. The van der Waals surface area contributed by atoms with Crippen LogP contribution >= 0.6 is 0 Å². The van der Waals surface area contributed by atoms with E-state index in [2.05, 4.69) is 12.2 Å². The maximum absolute atomic E-state index is 5.68. The molecule has 1 saturated carbocycles. The number of hydrogen-bond acceptors (Lipinski definition) is 1. The van der Waals surface area contributed by atoms with E-state index in [4.69, 9.17) is 4.74 Å². The molecule has 0 aromatic carbocycles. The fourth-order valence-electron chi connectivity index (χ4n) is 2.20. The summed E-state index contributed by atoms with van der Waals surface area (Å²) in [5.41, 5.74) is 0. The number of ether oxygens (including phenoxy) is 1. The Morgan fingerprint density at radius 1 is 1.09 bits per heavy atom. The van der Waals surface area contributed by atoms with E-state index in [1.54, 1.807) is 0 Å². The Kier molecular flexibility index (Phi) is 2.27. The molecule has 1 atom stereocenters. The van der Waals surface area contributed by atoms with Crippen molar-refractivity contribution in [2.45, 2.75) is 38.2 Å². The van der Waals surface area contributed by atoms with Crippen molar-refractivity contribution in [2.75, 3.05) is 6.61 Å². The van der Waals surface area contributed by atoms with Gasteiger partial charge in [0.1, 0.15) is 0 Å². The van der Waals surface area contributed by atoms with Crippen LogP contribution in [-0.4, -0.2) is 12.7 Å². The molecule has 2 aliphatic rings. The van der Waals surface area contributed by atoms with Crippen LogP contribution in [0.1, 0.15) is 32.1 Å². The summed E-state index contributed by atoms with van der Waals surface area (Å²) < 4.78 is 5.68. The summed E-state index contributed by atoms with van der Waals surface area (Å²) in [6, 6.07) is 0. The first-order valence-corrected chi connectivity index (χ1v) is 4.73. The smallest absolute Gasteiger partial charge is 0.0651 e. The molecule has 0 radical (unpaired) electrons. The van der Waals surface area contributed by atoms with Gasteiger partial charge in [0.15, 0.2) is 0 Å². The molecule has 62 valence electrons. The molecular formula is C10H16O. The largest absolute Gasteiger partial charge is 0.374 e. The highest BCUT2D eigenvalue weighted by Crippen LogP contribution is 2.31. The van der Waals surface area contributed by atoms with E-state index in [9.17, 15) is 0 Å². The lowest BCUT2D eigenvalue weighted by molar-refractivity contribution is 0.0258. The quantitative estimate of drug-likeness (QED) is 0.525. The molecule has 0 bridgehead atoms. The maximum atomic E-state index is 5.68. The molecule has 11 heavy (non-hydrogen) atoms. The molecule has 1 unspecified atom stereocenters. The molecule has 0 spiro atoms. The Morgan fingerprint density at radius 2 is 1.91 bits per heavy atom. The zero-order chi connectivity index (χ0) is 7.52. The first-order valence-electron chi connectivity index (χ1n) is 4.73. The monoisotopic (exact) mass is 152 g/mol. The van der Waals surface area contributed by atoms with Crippen LogP contribution in [0.2, 0.25) is 0 Å². The highest BCUT2D eigenvalue weighted by Gasteiger charge is 2.25. The Bertz CT molecular complexity index is 145. The molecule has 0 aromatic heterocycles. The van der Waals surface area contributed by atoms with E-state index in [-0.39, 0.29) is 0 Å². The fraction of sp³-hybridized carbons (Fsp3) is 0.800. The second-order valence-electron chi connectivity index (χ2n) is 3.62. The number of rotatable bonds is 1. The van der Waals surface area contributed by atoms with Crippen LogP contribution in [0.15, 0.2) is 12.2 Å². The Labute approximate surface area is 68.4 Å². The van der Waals surface area contributed by atoms with Crippen molar-refractivity contribution in [3.63, 3.8) is 0 Å². The van der Waals surface area contributed by atoms with E-state index >= 15 is 0 Å². The van der Waals surface area contributed by atoms with Gasteiger partial charge in [-0.3, -0.25) is 0 Å². The molecule has 1 fully saturated rings. The van der Waals surface area contributed by atoms with Crippen LogP contribution in [0.25, 0.3) is 0 Å². The SMILES string of the molecule is C1=CCC(C2CCCC2)OC1. The van der Waals surface area contributed by atoms with Crippen molar-refractivity contribution in [1.29, 1.82) is 0 Å². The minimum absolute atomic E-state index is 0.558. The van der Waals surface area contributed by atoms with Gasteiger partial charge in [-0.2, -0.15) is 0 Å². The van der Waals surface area contributed by atoms with Crippen molar-refractivity contribution in [3.05, 3.63) is 12.2 Å². The van der Waals surface area contributed by atoms with Crippen molar-refractivity contribution in [3.8, 4) is 0 Å². The summed E-state index contributed by atoms with van der Waals surface area (Å²) in [6.45, 7) is 0.848. The van der Waals surface area contributed by atoms with E-state index in [1.165, 1.54) is 25.7 Å². The molecule has 1 heterocycles. The molecular weight excluding hydrogens is 136 g/mol. The predicted octanol–water partition coefficient (Wildman–Crippen LogP) is 2.52. The minimum atomic E-state index is 0.558. The molecule has 1 aliphatic carbocycles. The van der Waals surface area contributed by atoms with Gasteiger partial charge in [0.25, 0.3) is 0 Å². The normalized spacial score (nSPS) is 32.9.